The summed E-state index contributed by atoms with van der Waals surface area (Å²) in [4.78, 5) is 16.6. The molecule has 8 heteroatoms. The Labute approximate surface area is 258 Å². The standard InChI is InChI=1S/C34H32FN7.C2H6/c1-6-25(18-26(7-2)39-21(3)17-24-11-9-8-10-12-24)27-13-14-28(36)30(31(27)35)23(5)33-40-32-29(15-16-37-34(32)41-33)42-19-22(4)38-20-42;1-2/h6-16,18-20,39H,2-3,5,17,36H2,1,4H3,(H,37,40,41);1-2H3/b25-6+,26-18+;. The molecule has 0 saturated heterocycles. The number of aromatic amines is 1. The van der Waals surface area contributed by atoms with Gasteiger partial charge >= 0.3 is 0 Å². The van der Waals surface area contributed by atoms with Crippen molar-refractivity contribution in [3.05, 3.63) is 151 Å². The topological polar surface area (TPSA) is 97.4 Å². The van der Waals surface area contributed by atoms with Crippen molar-refractivity contribution in [2.24, 2.45) is 0 Å². The van der Waals surface area contributed by atoms with Crippen LogP contribution >= 0.6 is 0 Å². The van der Waals surface area contributed by atoms with Gasteiger partial charge in [0.25, 0.3) is 0 Å². The number of nitrogens with zero attached hydrogens (tertiary/aromatic N) is 4. The third kappa shape index (κ3) is 6.76. The summed E-state index contributed by atoms with van der Waals surface area (Å²) in [6.07, 6.45) is 11.3. The van der Waals surface area contributed by atoms with Gasteiger partial charge < -0.3 is 20.6 Å². The molecule has 0 spiro atoms. The zero-order valence-corrected chi connectivity index (χ0v) is 25.7. The summed E-state index contributed by atoms with van der Waals surface area (Å²) < 4.78 is 18.1. The van der Waals surface area contributed by atoms with E-state index in [4.69, 9.17) is 5.73 Å². The Hall–Kier alpha value is -5.50. The van der Waals surface area contributed by atoms with Crippen LogP contribution in [0.4, 0.5) is 10.1 Å². The molecule has 5 rings (SSSR count). The molecule has 0 aliphatic rings. The first-order chi connectivity index (χ1) is 21.3. The summed E-state index contributed by atoms with van der Waals surface area (Å²) in [5, 5.41) is 3.29. The number of allylic oxidation sites excluding steroid dienone is 5. The highest BCUT2D eigenvalue weighted by molar-refractivity contribution is 5.90. The van der Waals surface area contributed by atoms with E-state index in [9.17, 15) is 0 Å². The molecule has 4 N–H and O–H groups in total. The van der Waals surface area contributed by atoms with Gasteiger partial charge in [0.2, 0.25) is 0 Å². The van der Waals surface area contributed by atoms with Gasteiger partial charge in [-0.2, -0.15) is 0 Å². The van der Waals surface area contributed by atoms with Crippen LogP contribution in [0.3, 0.4) is 0 Å². The minimum Gasteiger partial charge on any atom is -0.398 e. The van der Waals surface area contributed by atoms with Crippen molar-refractivity contribution in [2.45, 2.75) is 34.1 Å². The fraction of sp³-hybridized carbons (Fsp3) is 0.139. The molecule has 224 valence electrons. The van der Waals surface area contributed by atoms with E-state index in [1.165, 1.54) is 0 Å². The average Bonchev–Trinajstić information content (AvgIpc) is 3.67. The number of imidazole rings is 2. The van der Waals surface area contributed by atoms with Gasteiger partial charge in [-0.1, -0.05) is 70.0 Å². The molecule has 44 heavy (non-hydrogen) atoms. The van der Waals surface area contributed by atoms with E-state index >= 15 is 4.39 Å². The highest BCUT2D eigenvalue weighted by Gasteiger charge is 2.21. The third-order valence-corrected chi connectivity index (χ3v) is 6.86. The zero-order valence-electron chi connectivity index (χ0n) is 25.7. The van der Waals surface area contributed by atoms with Crippen LogP contribution in [0.2, 0.25) is 0 Å². The lowest BCUT2D eigenvalue weighted by atomic mass is 9.96. The molecule has 0 radical (unpaired) electrons. The monoisotopic (exact) mass is 587 g/mol. The van der Waals surface area contributed by atoms with Crippen LogP contribution in [0.25, 0.3) is 28.0 Å². The molecule has 5 aromatic rings. The number of rotatable bonds is 10. The summed E-state index contributed by atoms with van der Waals surface area (Å²) in [6, 6.07) is 15.2. The van der Waals surface area contributed by atoms with Crippen LogP contribution in [-0.2, 0) is 6.42 Å². The van der Waals surface area contributed by atoms with E-state index in [-0.39, 0.29) is 11.3 Å². The number of H-pyrrole nitrogens is 1. The normalized spacial score (nSPS) is 11.6. The van der Waals surface area contributed by atoms with E-state index in [0.29, 0.717) is 45.8 Å². The molecule has 0 bridgehead atoms. The van der Waals surface area contributed by atoms with Gasteiger partial charge in [0.15, 0.2) is 5.65 Å². The number of nitrogens with two attached hydrogens (primary N) is 1. The summed E-state index contributed by atoms with van der Waals surface area (Å²) in [5.41, 5.74) is 13.5. The molecule has 0 saturated carbocycles. The number of halogens is 1. The maximum absolute atomic E-state index is 16.3. The van der Waals surface area contributed by atoms with Gasteiger partial charge in [0.1, 0.15) is 17.2 Å². The Morgan fingerprint density at radius 2 is 1.84 bits per heavy atom. The predicted octanol–water partition coefficient (Wildman–Crippen LogP) is 8.08. The van der Waals surface area contributed by atoms with Crippen molar-refractivity contribution in [3.63, 3.8) is 0 Å². The van der Waals surface area contributed by atoms with Crippen molar-refractivity contribution < 1.29 is 4.39 Å². The Bertz CT molecular complexity index is 1870. The van der Waals surface area contributed by atoms with Crippen LogP contribution in [0.5, 0.6) is 0 Å². The van der Waals surface area contributed by atoms with Crippen LogP contribution in [0.1, 0.15) is 49.0 Å². The van der Waals surface area contributed by atoms with Gasteiger partial charge in [0.05, 0.1) is 17.7 Å². The quantitative estimate of drug-likeness (QED) is 0.113. The zero-order chi connectivity index (χ0) is 31.8. The first kappa shape index (κ1) is 31.4. The number of hydrogen-bond acceptors (Lipinski definition) is 5. The number of nitrogens with one attached hydrogen (secondary N) is 2. The molecule has 0 aliphatic carbocycles. The van der Waals surface area contributed by atoms with Gasteiger partial charge in [0, 0.05) is 52.6 Å². The molecule has 0 fully saturated rings. The van der Waals surface area contributed by atoms with Gasteiger partial charge in [-0.05, 0) is 55.3 Å². The molecule has 0 aliphatic heterocycles. The van der Waals surface area contributed by atoms with Crippen molar-refractivity contribution >= 4 is 28.0 Å². The van der Waals surface area contributed by atoms with Crippen LogP contribution in [-0.4, -0.2) is 24.5 Å². The first-order valence-electron chi connectivity index (χ1n) is 14.4. The molecular formula is C36H38FN7. The van der Waals surface area contributed by atoms with E-state index in [2.05, 4.69) is 45.0 Å². The summed E-state index contributed by atoms with van der Waals surface area (Å²) in [7, 11) is 0. The summed E-state index contributed by atoms with van der Waals surface area (Å²) in [6.45, 7) is 20.0. The van der Waals surface area contributed by atoms with Crippen LogP contribution < -0.4 is 11.1 Å². The number of fused-ring (bicyclic) bond motifs is 1. The minimum absolute atomic E-state index is 0.168. The van der Waals surface area contributed by atoms with Crippen LogP contribution in [0.15, 0.2) is 117 Å². The molecule has 7 nitrogen and oxygen atoms in total. The molecule has 0 amide bonds. The molecular weight excluding hydrogens is 549 g/mol. The Kier molecular flexibility index (Phi) is 10.1. The van der Waals surface area contributed by atoms with E-state index in [1.54, 1.807) is 30.7 Å². The number of nitrogen functional groups attached to an aromatic ring is 1. The first-order valence-corrected chi connectivity index (χ1v) is 14.4. The van der Waals surface area contributed by atoms with Gasteiger partial charge in [-0.15, -0.1) is 0 Å². The smallest absolute Gasteiger partial charge is 0.180 e. The second kappa shape index (κ2) is 14.1. The third-order valence-electron chi connectivity index (χ3n) is 6.86. The molecule has 2 aromatic carbocycles. The fourth-order valence-corrected chi connectivity index (χ4v) is 4.77. The molecule has 0 atom stereocenters. The van der Waals surface area contributed by atoms with Crippen molar-refractivity contribution in [2.75, 3.05) is 5.73 Å². The second-order valence-electron chi connectivity index (χ2n) is 9.85. The predicted molar refractivity (Wildman–Crippen MR) is 180 cm³/mol. The van der Waals surface area contributed by atoms with Gasteiger partial charge in [-0.25, -0.2) is 19.3 Å². The number of aromatic nitrogens is 5. The largest absolute Gasteiger partial charge is 0.398 e. The Morgan fingerprint density at radius 1 is 1.09 bits per heavy atom. The number of aryl methyl sites for hydroxylation is 1. The lowest BCUT2D eigenvalue weighted by Gasteiger charge is -2.15. The Morgan fingerprint density at radius 3 is 2.50 bits per heavy atom. The van der Waals surface area contributed by atoms with Crippen molar-refractivity contribution in [1.82, 2.24) is 29.8 Å². The molecule has 0 unspecified atom stereocenters. The Balaban J connectivity index is 0.00000216. The maximum Gasteiger partial charge on any atom is 0.180 e. The van der Waals surface area contributed by atoms with E-state index < -0.39 is 5.82 Å². The number of pyridine rings is 1. The average molecular weight is 588 g/mol. The van der Waals surface area contributed by atoms with Crippen molar-refractivity contribution in [1.29, 1.82) is 0 Å². The summed E-state index contributed by atoms with van der Waals surface area (Å²) in [5.74, 6) is -0.137. The minimum atomic E-state index is -0.505. The SMILES string of the molecule is C=C/C(=C\C(=C/C)c1ccc(N)c(C(=C)c2nc3nccc(-n4cnc(C)c4)c3[nH]2)c1F)NC(=C)Cc1ccccc1.CC. The molecule has 3 aromatic heterocycles. The number of benzene rings is 2. The second-order valence-corrected chi connectivity index (χ2v) is 9.85. The summed E-state index contributed by atoms with van der Waals surface area (Å²) >= 11 is 0. The number of anilines is 1. The maximum atomic E-state index is 16.3. The highest BCUT2D eigenvalue weighted by atomic mass is 19.1. The lowest BCUT2D eigenvalue weighted by Crippen LogP contribution is -2.12. The number of hydrogen-bond donors (Lipinski definition) is 3. The molecule has 3 heterocycles. The van der Waals surface area contributed by atoms with Crippen LogP contribution in [0, 0.1) is 12.7 Å². The van der Waals surface area contributed by atoms with Crippen molar-refractivity contribution in [3.8, 4) is 5.69 Å². The van der Waals surface area contributed by atoms with E-state index in [0.717, 1.165) is 22.6 Å². The highest BCUT2D eigenvalue weighted by Crippen LogP contribution is 2.34. The fourth-order valence-electron chi connectivity index (χ4n) is 4.77. The lowest BCUT2D eigenvalue weighted by molar-refractivity contribution is 0.621. The van der Waals surface area contributed by atoms with E-state index in [1.807, 2.05) is 87.0 Å². The van der Waals surface area contributed by atoms with Gasteiger partial charge in [-0.3, -0.25) is 0 Å².